The third-order valence-electron chi connectivity index (χ3n) is 3.71. The smallest absolute Gasteiger partial charge is 0.198 e. The zero-order valence-electron chi connectivity index (χ0n) is 12.0. The van der Waals surface area contributed by atoms with Crippen LogP contribution in [0.3, 0.4) is 0 Å². The molecule has 0 unspecified atom stereocenters. The average molecular weight is 296 g/mol. The lowest BCUT2D eigenvalue weighted by Crippen LogP contribution is -2.22. The summed E-state index contributed by atoms with van der Waals surface area (Å²) in [5.74, 6) is -0.365. The quantitative estimate of drug-likeness (QED) is 0.694. The number of hydrogen-bond acceptors (Lipinski definition) is 5. The number of fused-ring (bicyclic) bond motifs is 2. The van der Waals surface area contributed by atoms with Crippen LogP contribution in [0.5, 0.6) is 11.5 Å². The van der Waals surface area contributed by atoms with Crippen LogP contribution >= 0.6 is 0 Å². The van der Waals surface area contributed by atoms with Crippen LogP contribution in [0.4, 0.5) is 0 Å². The van der Waals surface area contributed by atoms with Crippen LogP contribution in [-0.2, 0) is 0 Å². The van der Waals surface area contributed by atoms with Crippen molar-refractivity contribution in [1.82, 2.24) is 0 Å². The lowest BCUT2D eigenvalue weighted by Gasteiger charge is -2.21. The number of carbonyl (C=O) groups is 3. The minimum absolute atomic E-state index is 0.0669. The molecule has 0 radical (unpaired) electrons. The molecule has 5 nitrogen and oxygen atoms in total. The fraction of sp³-hybridized carbons (Fsp3) is 0.118. The molecule has 0 saturated carbocycles. The van der Waals surface area contributed by atoms with Crippen LogP contribution in [0.25, 0.3) is 0 Å². The van der Waals surface area contributed by atoms with Gasteiger partial charge in [0, 0.05) is 16.7 Å². The molecule has 0 aromatic heterocycles. The highest BCUT2D eigenvalue weighted by atomic mass is 16.5. The summed E-state index contributed by atoms with van der Waals surface area (Å²) in [5, 5.41) is 0. The van der Waals surface area contributed by atoms with Crippen molar-refractivity contribution in [3.8, 4) is 11.5 Å². The highest BCUT2D eigenvalue weighted by Gasteiger charge is 2.34. The van der Waals surface area contributed by atoms with Gasteiger partial charge in [-0.2, -0.15) is 0 Å². The summed E-state index contributed by atoms with van der Waals surface area (Å²) < 4.78 is 10.4. The van der Waals surface area contributed by atoms with Crippen LogP contribution in [-0.4, -0.2) is 32.1 Å². The number of carbonyl (C=O) groups excluding carboxylic acids is 3. The van der Waals surface area contributed by atoms with Crippen LogP contribution in [0.2, 0.25) is 0 Å². The van der Waals surface area contributed by atoms with Crippen molar-refractivity contribution >= 4 is 17.9 Å². The molecule has 0 saturated heterocycles. The molecule has 1 aliphatic carbocycles. The molecule has 0 fully saturated rings. The van der Waals surface area contributed by atoms with E-state index in [-0.39, 0.29) is 39.8 Å². The molecule has 22 heavy (non-hydrogen) atoms. The summed E-state index contributed by atoms with van der Waals surface area (Å²) in [6.07, 6.45) is 0.552. The topological polar surface area (TPSA) is 69.7 Å². The minimum Gasteiger partial charge on any atom is -0.496 e. The first-order valence-electron chi connectivity index (χ1n) is 6.56. The second-order valence-electron chi connectivity index (χ2n) is 4.77. The Bertz CT molecular complexity index is 820. The van der Waals surface area contributed by atoms with Gasteiger partial charge in [-0.05, 0) is 6.07 Å². The number of rotatable bonds is 3. The standard InChI is InChI=1S/C17H12O5/c1-21-13-7-11-14(17(22-2)12(13)8-18)16(20)10-6-4-3-5-9(10)15(11)19/h3-8H,1-2H3. The number of methoxy groups -OCH3 is 2. The van der Waals surface area contributed by atoms with Crippen molar-refractivity contribution in [3.05, 3.63) is 58.1 Å². The van der Waals surface area contributed by atoms with E-state index in [4.69, 9.17) is 9.47 Å². The second kappa shape index (κ2) is 5.11. The molecule has 0 aliphatic heterocycles. The summed E-state index contributed by atoms with van der Waals surface area (Å²) in [4.78, 5) is 36.7. The van der Waals surface area contributed by atoms with Gasteiger partial charge in [0.05, 0.1) is 25.3 Å². The molecule has 3 rings (SSSR count). The largest absolute Gasteiger partial charge is 0.496 e. The van der Waals surface area contributed by atoms with Crippen molar-refractivity contribution in [3.63, 3.8) is 0 Å². The molecule has 110 valence electrons. The zero-order valence-corrected chi connectivity index (χ0v) is 12.0. The molecule has 0 spiro atoms. The van der Waals surface area contributed by atoms with E-state index in [2.05, 4.69) is 0 Å². The van der Waals surface area contributed by atoms with E-state index < -0.39 is 0 Å². The van der Waals surface area contributed by atoms with Gasteiger partial charge in [-0.15, -0.1) is 0 Å². The van der Waals surface area contributed by atoms with Gasteiger partial charge in [0.1, 0.15) is 11.5 Å². The molecule has 0 bridgehead atoms. The van der Waals surface area contributed by atoms with Crippen molar-refractivity contribution < 1.29 is 23.9 Å². The highest BCUT2D eigenvalue weighted by molar-refractivity contribution is 6.30. The fourth-order valence-corrected chi connectivity index (χ4v) is 2.71. The second-order valence-corrected chi connectivity index (χ2v) is 4.77. The number of aldehydes is 1. The summed E-state index contributed by atoms with van der Waals surface area (Å²) in [6.45, 7) is 0. The maximum atomic E-state index is 12.7. The molecule has 0 atom stereocenters. The lowest BCUT2D eigenvalue weighted by molar-refractivity contribution is 0.0975. The molecule has 0 amide bonds. The molecule has 5 heteroatoms. The summed E-state index contributed by atoms with van der Waals surface area (Å²) in [6, 6.07) is 7.99. The fourth-order valence-electron chi connectivity index (χ4n) is 2.71. The predicted octanol–water partition coefficient (Wildman–Crippen LogP) is 2.29. The summed E-state index contributed by atoms with van der Waals surface area (Å²) in [5.41, 5.74) is 1.05. The van der Waals surface area contributed by atoms with Gasteiger partial charge in [0.25, 0.3) is 0 Å². The Kier molecular flexibility index (Phi) is 3.25. The molecular formula is C17H12O5. The van der Waals surface area contributed by atoms with Crippen LogP contribution in [0, 0.1) is 0 Å². The SMILES string of the molecule is COc1cc2c(c(OC)c1C=O)C(=O)c1ccccc1C2=O. The van der Waals surface area contributed by atoms with Gasteiger partial charge >= 0.3 is 0 Å². The zero-order chi connectivity index (χ0) is 15.9. The monoisotopic (exact) mass is 296 g/mol. The Morgan fingerprint density at radius 1 is 0.909 bits per heavy atom. The lowest BCUT2D eigenvalue weighted by atomic mass is 9.82. The van der Waals surface area contributed by atoms with Gasteiger partial charge in [-0.25, -0.2) is 0 Å². The normalized spacial score (nSPS) is 12.5. The van der Waals surface area contributed by atoms with Gasteiger partial charge in [0.2, 0.25) is 0 Å². The molecule has 0 N–H and O–H groups in total. The maximum absolute atomic E-state index is 12.7. The third kappa shape index (κ3) is 1.75. The summed E-state index contributed by atoms with van der Waals surface area (Å²) in [7, 11) is 2.73. The van der Waals surface area contributed by atoms with Gasteiger partial charge in [-0.3, -0.25) is 14.4 Å². The highest BCUT2D eigenvalue weighted by Crippen LogP contribution is 2.39. The predicted molar refractivity (Wildman–Crippen MR) is 78.2 cm³/mol. The van der Waals surface area contributed by atoms with Gasteiger partial charge in [-0.1, -0.05) is 24.3 Å². The Balaban J connectivity index is 2.40. The van der Waals surface area contributed by atoms with E-state index >= 15 is 0 Å². The van der Waals surface area contributed by atoms with E-state index in [0.29, 0.717) is 17.4 Å². The Hall–Kier alpha value is -2.95. The van der Waals surface area contributed by atoms with E-state index in [0.717, 1.165) is 0 Å². The Morgan fingerprint density at radius 3 is 2.09 bits per heavy atom. The summed E-state index contributed by atoms with van der Waals surface area (Å²) >= 11 is 0. The van der Waals surface area contributed by atoms with Crippen molar-refractivity contribution in [2.45, 2.75) is 0 Å². The van der Waals surface area contributed by atoms with E-state index in [1.165, 1.54) is 20.3 Å². The van der Waals surface area contributed by atoms with E-state index in [1.54, 1.807) is 24.3 Å². The van der Waals surface area contributed by atoms with Crippen LogP contribution in [0.15, 0.2) is 30.3 Å². The molecule has 1 aliphatic rings. The molecule has 0 heterocycles. The number of hydrogen-bond donors (Lipinski definition) is 0. The average Bonchev–Trinajstić information content (AvgIpc) is 2.57. The molecular weight excluding hydrogens is 284 g/mol. The van der Waals surface area contributed by atoms with E-state index in [1.807, 2.05) is 0 Å². The molecule has 2 aromatic rings. The van der Waals surface area contributed by atoms with Gasteiger partial charge < -0.3 is 9.47 Å². The number of ether oxygens (including phenoxy) is 2. The number of benzene rings is 2. The first kappa shape index (κ1) is 14.0. The Labute approximate surface area is 126 Å². The first-order chi connectivity index (χ1) is 10.6. The molecule has 2 aromatic carbocycles. The first-order valence-corrected chi connectivity index (χ1v) is 6.56. The number of ketones is 2. The van der Waals surface area contributed by atoms with Crippen molar-refractivity contribution in [2.75, 3.05) is 14.2 Å². The minimum atomic E-state index is -0.340. The van der Waals surface area contributed by atoms with E-state index in [9.17, 15) is 14.4 Å². The van der Waals surface area contributed by atoms with Crippen LogP contribution < -0.4 is 9.47 Å². The van der Waals surface area contributed by atoms with Crippen molar-refractivity contribution in [2.24, 2.45) is 0 Å². The van der Waals surface area contributed by atoms with Crippen LogP contribution in [0.1, 0.15) is 42.2 Å². The Morgan fingerprint density at radius 2 is 1.55 bits per heavy atom. The maximum Gasteiger partial charge on any atom is 0.198 e. The van der Waals surface area contributed by atoms with Crippen molar-refractivity contribution in [1.29, 1.82) is 0 Å². The third-order valence-corrected chi connectivity index (χ3v) is 3.71. The van der Waals surface area contributed by atoms with Gasteiger partial charge in [0.15, 0.2) is 17.9 Å².